The van der Waals surface area contributed by atoms with Gasteiger partial charge in [-0.05, 0) is 92.2 Å². The average Bonchev–Trinajstić information content (AvgIpc) is 3.46. The van der Waals surface area contributed by atoms with Crippen LogP contribution in [-0.4, -0.2) is 71.0 Å². The molecule has 1 aromatic carbocycles. The Labute approximate surface area is 274 Å². The first-order chi connectivity index (χ1) is 21.6. The number of rotatable bonds is 14. The van der Waals surface area contributed by atoms with Crippen molar-refractivity contribution < 1.29 is 28.7 Å². The van der Waals surface area contributed by atoms with Crippen LogP contribution in [0.3, 0.4) is 0 Å². The molecule has 3 N–H and O–H groups in total. The van der Waals surface area contributed by atoms with Crippen LogP contribution in [0.1, 0.15) is 98.6 Å². The van der Waals surface area contributed by atoms with Crippen LogP contribution >= 0.6 is 0 Å². The second-order valence-electron chi connectivity index (χ2n) is 13.3. The van der Waals surface area contributed by atoms with E-state index in [1.165, 1.54) is 0 Å². The predicted octanol–water partition coefficient (Wildman–Crippen LogP) is 5.97. The molecular formula is C35H53N5O6. The van der Waals surface area contributed by atoms with Gasteiger partial charge in [-0.1, -0.05) is 43.0 Å². The monoisotopic (exact) mass is 639 g/mol. The first kappa shape index (κ1) is 38.0. The Morgan fingerprint density at radius 3 is 2.26 bits per heavy atom. The van der Waals surface area contributed by atoms with E-state index in [2.05, 4.69) is 27.5 Å². The molecular weight excluding hydrogens is 586 g/mol. The second kappa shape index (κ2) is 18.1. The Balaban J connectivity index is 2.17. The number of benzene rings is 1. The van der Waals surface area contributed by atoms with Crippen molar-refractivity contribution in [2.45, 2.75) is 116 Å². The number of unbranched alkanes of at least 4 members (excludes halogenated alkanes) is 1. The zero-order chi connectivity index (χ0) is 34.3. The van der Waals surface area contributed by atoms with Crippen LogP contribution in [0.2, 0.25) is 0 Å². The molecule has 11 nitrogen and oxygen atoms in total. The molecule has 1 aromatic rings. The van der Waals surface area contributed by atoms with Crippen molar-refractivity contribution in [2.24, 2.45) is 4.99 Å². The third-order valence-corrected chi connectivity index (χ3v) is 6.97. The molecule has 1 aliphatic heterocycles. The molecule has 0 aromatic heterocycles. The highest BCUT2D eigenvalue weighted by Gasteiger charge is 2.38. The topological polar surface area (TPSA) is 138 Å². The number of nitrogens with zero attached hydrogens (tertiary/aromatic N) is 2. The summed E-state index contributed by atoms with van der Waals surface area (Å²) in [5.74, 6) is -0.618. The predicted molar refractivity (Wildman–Crippen MR) is 180 cm³/mol. The molecule has 1 fully saturated rings. The van der Waals surface area contributed by atoms with Crippen LogP contribution in [0.15, 0.2) is 60.3 Å². The van der Waals surface area contributed by atoms with Gasteiger partial charge in [0.25, 0.3) is 0 Å². The van der Waals surface area contributed by atoms with Crippen molar-refractivity contribution in [2.75, 3.05) is 13.1 Å². The van der Waals surface area contributed by atoms with E-state index in [-0.39, 0.29) is 17.9 Å². The highest BCUT2D eigenvalue weighted by Crippen LogP contribution is 2.24. The van der Waals surface area contributed by atoms with E-state index < -0.39 is 35.5 Å². The lowest BCUT2D eigenvalue weighted by atomic mass is 10.00. The van der Waals surface area contributed by atoms with Gasteiger partial charge in [-0.3, -0.25) is 14.6 Å². The van der Waals surface area contributed by atoms with E-state index >= 15 is 0 Å². The molecule has 0 aliphatic carbocycles. The molecule has 1 saturated heterocycles. The van der Waals surface area contributed by atoms with Crippen molar-refractivity contribution in [3.8, 4) is 0 Å². The summed E-state index contributed by atoms with van der Waals surface area (Å²) in [5, 5.41) is 8.59. The van der Waals surface area contributed by atoms with Crippen molar-refractivity contribution >= 4 is 29.7 Å². The molecule has 11 heteroatoms. The van der Waals surface area contributed by atoms with Crippen molar-refractivity contribution in [3.63, 3.8) is 0 Å². The molecule has 3 atom stereocenters. The van der Waals surface area contributed by atoms with E-state index in [0.717, 1.165) is 11.3 Å². The van der Waals surface area contributed by atoms with E-state index in [1.807, 2.05) is 43.3 Å². The second-order valence-corrected chi connectivity index (χ2v) is 13.3. The van der Waals surface area contributed by atoms with Crippen molar-refractivity contribution in [1.29, 1.82) is 0 Å². The van der Waals surface area contributed by atoms with Gasteiger partial charge in [0.15, 0.2) is 0 Å². The van der Waals surface area contributed by atoms with Crippen LogP contribution in [0.5, 0.6) is 0 Å². The highest BCUT2D eigenvalue weighted by atomic mass is 16.6. The van der Waals surface area contributed by atoms with E-state index in [0.29, 0.717) is 51.6 Å². The maximum atomic E-state index is 13.9. The summed E-state index contributed by atoms with van der Waals surface area (Å²) >= 11 is 0. The van der Waals surface area contributed by atoms with Crippen LogP contribution < -0.4 is 16.0 Å². The van der Waals surface area contributed by atoms with Gasteiger partial charge in [-0.2, -0.15) is 0 Å². The Kier molecular flexibility index (Phi) is 15.0. The first-order valence-electron chi connectivity index (χ1n) is 16.1. The minimum absolute atomic E-state index is 0.272. The zero-order valence-electron chi connectivity index (χ0n) is 28.6. The van der Waals surface area contributed by atoms with Crippen molar-refractivity contribution in [1.82, 2.24) is 20.9 Å². The maximum absolute atomic E-state index is 13.9. The summed E-state index contributed by atoms with van der Waals surface area (Å²) in [4.78, 5) is 58.4. The molecule has 0 bridgehead atoms. The number of aliphatic imine (C=N–C) groups is 1. The Morgan fingerprint density at radius 2 is 1.65 bits per heavy atom. The molecule has 0 spiro atoms. The average molecular weight is 640 g/mol. The number of hydrogen-bond donors (Lipinski definition) is 3. The third kappa shape index (κ3) is 13.9. The Hall–Kier alpha value is -4.15. The Morgan fingerprint density at radius 1 is 1.00 bits per heavy atom. The van der Waals surface area contributed by atoms with E-state index in [4.69, 9.17) is 9.47 Å². The van der Waals surface area contributed by atoms with Crippen LogP contribution in [0.4, 0.5) is 9.59 Å². The molecule has 0 radical (unpaired) electrons. The fraction of sp³-hybridized carbons (Fsp3) is 0.571. The summed E-state index contributed by atoms with van der Waals surface area (Å²) in [6, 6.07) is 7.62. The van der Waals surface area contributed by atoms with Gasteiger partial charge >= 0.3 is 12.2 Å². The van der Waals surface area contributed by atoms with Gasteiger partial charge in [0, 0.05) is 31.4 Å². The smallest absolute Gasteiger partial charge is 0.408 e. The number of nitrogens with one attached hydrogen (secondary N) is 3. The molecule has 2 rings (SSSR count). The lowest BCUT2D eigenvalue weighted by molar-refractivity contribution is -0.140. The SMILES string of the molecule is C=C/C(C[C@H](NC(=O)[C@@H]1CCCN1C(=O)[C@H](CCCCNC(=O)OC(C)(C)C)NC(=O)OC(C)(C)C)c1ccccc1)=N\C=C/C. The van der Waals surface area contributed by atoms with Crippen LogP contribution in [-0.2, 0) is 19.1 Å². The summed E-state index contributed by atoms with van der Waals surface area (Å²) in [7, 11) is 0. The summed E-state index contributed by atoms with van der Waals surface area (Å²) in [6.45, 7) is 17.1. The standard InChI is InChI=1S/C35H53N5O6/c1-9-21-36-26(10-2)24-28(25-17-12-11-13-18-25)38-30(41)29-20-16-23-40(29)31(42)27(39-33(44)46-35(6,7)8)19-14-15-22-37-32(43)45-34(3,4)5/h9-13,17-18,21,27-29H,2,14-16,19-20,22-24H2,1,3-8H3,(H,37,43)(H,38,41)(H,39,44)/b21-9-,36-26+/t27-,28-,29-/m0/s1. The number of ether oxygens (including phenoxy) is 2. The molecule has 46 heavy (non-hydrogen) atoms. The number of hydrogen-bond acceptors (Lipinski definition) is 7. The summed E-state index contributed by atoms with van der Waals surface area (Å²) in [6.07, 6.45) is 6.91. The molecule has 1 aliphatic rings. The Bertz CT molecular complexity index is 1230. The lowest BCUT2D eigenvalue weighted by Gasteiger charge is -2.30. The van der Waals surface area contributed by atoms with E-state index in [9.17, 15) is 19.2 Å². The largest absolute Gasteiger partial charge is 0.444 e. The van der Waals surface area contributed by atoms with E-state index in [1.54, 1.807) is 58.7 Å². The molecule has 0 unspecified atom stereocenters. The quantitative estimate of drug-likeness (QED) is 0.169. The summed E-state index contributed by atoms with van der Waals surface area (Å²) in [5.41, 5.74) is 0.269. The van der Waals surface area contributed by atoms with Gasteiger partial charge in [-0.25, -0.2) is 9.59 Å². The molecule has 0 saturated carbocycles. The number of carbonyl (C=O) groups excluding carboxylic acids is 4. The number of alkyl carbamates (subject to hydrolysis) is 2. The number of amides is 4. The van der Waals surface area contributed by atoms with Crippen molar-refractivity contribution in [3.05, 3.63) is 60.8 Å². The fourth-order valence-corrected chi connectivity index (χ4v) is 4.96. The molecule has 254 valence electrons. The highest BCUT2D eigenvalue weighted by molar-refractivity contribution is 5.96. The minimum atomic E-state index is -0.907. The van der Waals surface area contributed by atoms with Crippen LogP contribution in [0.25, 0.3) is 0 Å². The first-order valence-corrected chi connectivity index (χ1v) is 16.1. The zero-order valence-corrected chi connectivity index (χ0v) is 28.6. The lowest BCUT2D eigenvalue weighted by Crippen LogP contribution is -2.54. The fourth-order valence-electron chi connectivity index (χ4n) is 4.96. The van der Waals surface area contributed by atoms with Gasteiger partial charge in [0.2, 0.25) is 11.8 Å². The van der Waals surface area contributed by atoms with Gasteiger partial charge < -0.3 is 30.3 Å². The number of carbonyl (C=O) groups is 4. The van der Waals surface area contributed by atoms with Gasteiger partial charge in [-0.15, -0.1) is 0 Å². The molecule has 1 heterocycles. The summed E-state index contributed by atoms with van der Waals surface area (Å²) < 4.78 is 10.7. The third-order valence-electron chi connectivity index (χ3n) is 6.97. The maximum Gasteiger partial charge on any atom is 0.408 e. The van der Waals surface area contributed by atoms with Gasteiger partial charge in [0.05, 0.1) is 6.04 Å². The van der Waals surface area contributed by atoms with Crippen LogP contribution in [0, 0.1) is 0 Å². The number of allylic oxidation sites excluding steroid dienone is 2. The minimum Gasteiger partial charge on any atom is -0.444 e. The van der Waals surface area contributed by atoms with Gasteiger partial charge in [0.1, 0.15) is 23.3 Å². The number of likely N-dealkylation sites (tertiary alicyclic amines) is 1. The normalized spacial score (nSPS) is 16.8. The molecule has 4 amide bonds.